The number of rotatable bonds is 6. The molecule has 0 radical (unpaired) electrons. The Morgan fingerprint density at radius 1 is 1.00 bits per heavy atom. The first-order chi connectivity index (χ1) is 12.7. The summed E-state index contributed by atoms with van der Waals surface area (Å²) in [6.45, 7) is 0. The first-order valence-electron chi connectivity index (χ1n) is 8.33. The summed E-state index contributed by atoms with van der Waals surface area (Å²) in [6, 6.07) is 8.79. The number of nitrogens with one attached hydrogen (secondary N) is 1. The minimum atomic E-state index is -4.16. The average Bonchev–Trinajstić information content (AvgIpc) is 3.15. The van der Waals surface area contributed by atoms with Crippen molar-refractivity contribution in [2.24, 2.45) is 0 Å². The van der Waals surface area contributed by atoms with Gasteiger partial charge < -0.3 is 5.11 Å². The number of carboxylic acids is 1. The van der Waals surface area contributed by atoms with Gasteiger partial charge in [-0.15, -0.1) is 11.3 Å². The molecule has 0 unspecified atom stereocenters. The number of aliphatic carboxylic acids is 1. The van der Waals surface area contributed by atoms with Gasteiger partial charge in [0, 0.05) is 5.38 Å². The number of sulfone groups is 1. The molecule has 0 saturated heterocycles. The minimum Gasteiger partial charge on any atom is -0.480 e. The van der Waals surface area contributed by atoms with E-state index in [1.54, 1.807) is 18.2 Å². The highest BCUT2D eigenvalue weighted by molar-refractivity contribution is 7.93. The number of carboxylic acid groups (broad SMARTS) is 1. The Morgan fingerprint density at radius 2 is 1.63 bits per heavy atom. The monoisotopic (exact) mass is 429 g/mol. The Kier molecular flexibility index (Phi) is 5.44. The molecule has 1 aliphatic carbocycles. The highest BCUT2D eigenvalue weighted by Gasteiger charge is 2.43. The zero-order valence-corrected chi connectivity index (χ0v) is 16.7. The van der Waals surface area contributed by atoms with E-state index in [0.717, 1.165) is 23.8 Å². The van der Waals surface area contributed by atoms with E-state index < -0.39 is 31.4 Å². The maximum Gasteiger partial charge on any atom is 0.324 e. The van der Waals surface area contributed by atoms with Crippen molar-refractivity contribution in [3.63, 3.8) is 0 Å². The molecule has 0 bridgehead atoms. The van der Waals surface area contributed by atoms with Crippen LogP contribution in [0.1, 0.15) is 32.1 Å². The highest BCUT2D eigenvalue weighted by atomic mass is 32.2. The lowest BCUT2D eigenvalue weighted by molar-refractivity contribution is -0.145. The van der Waals surface area contributed by atoms with Crippen LogP contribution in [0, 0.1) is 0 Å². The summed E-state index contributed by atoms with van der Waals surface area (Å²) in [5.41, 5.74) is -1.54. The van der Waals surface area contributed by atoms with Gasteiger partial charge in [-0.3, -0.25) is 4.79 Å². The maximum absolute atomic E-state index is 12.7. The second-order valence-corrected chi connectivity index (χ2v) is 11.2. The SMILES string of the molecule is O=C(O)C1(NS(=O)(=O)c2cc(S(=O)(=O)c3ccccc3)cs2)CCCCC1. The summed E-state index contributed by atoms with van der Waals surface area (Å²) in [5.74, 6) is -1.21. The van der Waals surface area contributed by atoms with Gasteiger partial charge in [-0.25, -0.2) is 16.8 Å². The Balaban J connectivity index is 1.92. The van der Waals surface area contributed by atoms with E-state index in [0.29, 0.717) is 12.8 Å². The predicted molar refractivity (Wildman–Crippen MR) is 100.0 cm³/mol. The maximum atomic E-state index is 12.7. The number of sulfonamides is 1. The van der Waals surface area contributed by atoms with Gasteiger partial charge in [-0.2, -0.15) is 4.72 Å². The van der Waals surface area contributed by atoms with E-state index >= 15 is 0 Å². The molecular formula is C17H19NO6S3. The molecule has 10 heteroatoms. The molecule has 0 spiro atoms. The van der Waals surface area contributed by atoms with Crippen LogP contribution in [-0.4, -0.2) is 33.5 Å². The third-order valence-corrected chi connectivity index (χ3v) is 9.50. The fraction of sp³-hybridized carbons (Fsp3) is 0.353. The minimum absolute atomic E-state index is 0.0639. The summed E-state index contributed by atoms with van der Waals surface area (Å²) in [5, 5.41) is 10.8. The van der Waals surface area contributed by atoms with Gasteiger partial charge in [0.2, 0.25) is 9.84 Å². The molecule has 0 atom stereocenters. The molecule has 0 amide bonds. The first-order valence-corrected chi connectivity index (χ1v) is 12.2. The van der Waals surface area contributed by atoms with Crippen molar-refractivity contribution in [2.75, 3.05) is 0 Å². The van der Waals surface area contributed by atoms with Crippen LogP contribution >= 0.6 is 11.3 Å². The summed E-state index contributed by atoms with van der Waals surface area (Å²) in [6.07, 6.45) is 2.51. The van der Waals surface area contributed by atoms with Crippen molar-refractivity contribution in [2.45, 2.75) is 51.6 Å². The van der Waals surface area contributed by atoms with E-state index in [1.807, 2.05) is 0 Å². The fourth-order valence-electron chi connectivity index (χ4n) is 3.14. The van der Waals surface area contributed by atoms with Gasteiger partial charge in [0.1, 0.15) is 9.75 Å². The molecule has 1 aliphatic rings. The van der Waals surface area contributed by atoms with E-state index in [-0.39, 0.29) is 26.8 Å². The molecule has 0 aliphatic heterocycles. The van der Waals surface area contributed by atoms with E-state index in [4.69, 9.17) is 0 Å². The molecular weight excluding hydrogens is 410 g/mol. The van der Waals surface area contributed by atoms with Crippen molar-refractivity contribution in [3.05, 3.63) is 41.8 Å². The standard InChI is InChI=1S/C17H19NO6S3/c19-16(20)17(9-5-2-6-10-17)18-27(23,24)15-11-14(12-25-15)26(21,22)13-7-3-1-4-8-13/h1,3-4,7-8,11-12,18H,2,5-6,9-10H2,(H,19,20). The van der Waals surface area contributed by atoms with Crippen LogP contribution in [0.3, 0.4) is 0 Å². The predicted octanol–water partition coefficient (Wildman–Crippen LogP) is 2.65. The smallest absolute Gasteiger partial charge is 0.324 e. The Hall–Kier alpha value is -1.75. The number of benzene rings is 1. The van der Waals surface area contributed by atoms with Gasteiger partial charge in [-0.1, -0.05) is 37.5 Å². The summed E-state index contributed by atoms with van der Waals surface area (Å²) in [4.78, 5) is 11.6. The van der Waals surface area contributed by atoms with Crippen molar-refractivity contribution in [1.29, 1.82) is 0 Å². The van der Waals surface area contributed by atoms with Crippen molar-refractivity contribution < 1.29 is 26.7 Å². The topological polar surface area (TPSA) is 118 Å². The van der Waals surface area contributed by atoms with Gasteiger partial charge in [0.05, 0.1) is 9.79 Å². The zero-order valence-electron chi connectivity index (χ0n) is 14.3. The number of carbonyl (C=O) groups is 1. The normalized spacial score (nSPS) is 17.5. The van der Waals surface area contributed by atoms with Gasteiger partial charge in [0.15, 0.2) is 0 Å². The molecule has 2 aromatic rings. The quantitative estimate of drug-likeness (QED) is 0.729. The Labute approximate surface area is 162 Å². The molecule has 7 nitrogen and oxygen atoms in total. The molecule has 1 fully saturated rings. The van der Waals surface area contributed by atoms with Crippen molar-refractivity contribution in [3.8, 4) is 0 Å². The van der Waals surface area contributed by atoms with Crippen LogP contribution in [0.15, 0.2) is 55.8 Å². The van der Waals surface area contributed by atoms with Gasteiger partial charge in [0.25, 0.3) is 10.0 Å². The average molecular weight is 430 g/mol. The second-order valence-electron chi connectivity index (χ2n) is 6.47. The number of hydrogen-bond donors (Lipinski definition) is 2. The van der Waals surface area contributed by atoms with Gasteiger partial charge in [-0.05, 0) is 31.0 Å². The summed E-state index contributed by atoms with van der Waals surface area (Å²) in [7, 11) is -8.00. The molecule has 1 aromatic heterocycles. The van der Waals surface area contributed by atoms with Crippen LogP contribution < -0.4 is 4.72 Å². The highest BCUT2D eigenvalue weighted by Crippen LogP contribution is 2.33. The van der Waals surface area contributed by atoms with E-state index in [9.17, 15) is 26.7 Å². The lowest BCUT2D eigenvalue weighted by Crippen LogP contribution is -2.55. The fourth-order valence-corrected chi connectivity index (χ4v) is 7.46. The molecule has 146 valence electrons. The van der Waals surface area contributed by atoms with Crippen LogP contribution in [-0.2, 0) is 24.7 Å². The third kappa shape index (κ3) is 3.93. The van der Waals surface area contributed by atoms with E-state index in [1.165, 1.54) is 17.5 Å². The van der Waals surface area contributed by atoms with Crippen LogP contribution in [0.4, 0.5) is 0 Å². The first kappa shape index (κ1) is 20.0. The lowest BCUT2D eigenvalue weighted by atomic mass is 9.83. The van der Waals surface area contributed by atoms with Crippen molar-refractivity contribution >= 4 is 37.2 Å². The molecule has 1 aromatic carbocycles. The lowest BCUT2D eigenvalue weighted by Gasteiger charge is -2.33. The summed E-state index contributed by atoms with van der Waals surface area (Å²) >= 11 is 0.754. The second kappa shape index (κ2) is 7.34. The number of thiophene rings is 1. The molecule has 3 rings (SSSR count). The molecule has 1 heterocycles. The molecule has 1 saturated carbocycles. The van der Waals surface area contributed by atoms with Crippen molar-refractivity contribution in [1.82, 2.24) is 4.72 Å². The third-order valence-electron chi connectivity index (χ3n) is 4.63. The van der Waals surface area contributed by atoms with Crippen LogP contribution in [0.5, 0.6) is 0 Å². The Bertz CT molecular complexity index is 1040. The van der Waals surface area contributed by atoms with E-state index in [2.05, 4.69) is 4.72 Å². The molecule has 27 heavy (non-hydrogen) atoms. The largest absolute Gasteiger partial charge is 0.480 e. The summed E-state index contributed by atoms with van der Waals surface area (Å²) < 4.78 is 52.8. The Morgan fingerprint density at radius 3 is 2.22 bits per heavy atom. The van der Waals surface area contributed by atoms with Gasteiger partial charge >= 0.3 is 5.97 Å². The number of hydrogen-bond acceptors (Lipinski definition) is 6. The van der Waals surface area contributed by atoms with Crippen LogP contribution in [0.2, 0.25) is 0 Å². The van der Waals surface area contributed by atoms with Crippen LogP contribution in [0.25, 0.3) is 0 Å². The molecule has 2 N–H and O–H groups in total. The zero-order chi connectivity index (χ0) is 19.7.